The fraction of sp³-hybridized carbons (Fsp3) is 0.222. The largest absolute Gasteiger partial charge is 0.441 e. The van der Waals surface area contributed by atoms with Crippen LogP contribution in [-0.4, -0.2) is 50.4 Å². The van der Waals surface area contributed by atoms with Crippen LogP contribution in [0.5, 0.6) is 0 Å². The number of aromatic nitrogens is 4. The number of aliphatic hydroxyl groups is 1. The number of anilines is 3. The molecule has 0 bridgehead atoms. The number of aliphatic hydroxyl groups excluding tert-OH is 1. The Bertz CT molecular complexity index is 1010. The van der Waals surface area contributed by atoms with E-state index in [1.165, 1.54) is 11.0 Å². The van der Waals surface area contributed by atoms with Crippen LogP contribution in [0, 0.1) is 5.82 Å². The molecule has 1 aliphatic heterocycles. The Hall–Kier alpha value is -3.53. The van der Waals surface area contributed by atoms with Crippen molar-refractivity contribution in [1.82, 2.24) is 20.0 Å². The van der Waals surface area contributed by atoms with E-state index in [4.69, 9.17) is 9.84 Å². The first kappa shape index (κ1) is 17.9. The van der Waals surface area contributed by atoms with Crippen molar-refractivity contribution in [3.05, 3.63) is 48.5 Å². The number of carbonyl (C=O) groups is 1. The molecule has 3 heterocycles. The summed E-state index contributed by atoms with van der Waals surface area (Å²) >= 11 is 0. The van der Waals surface area contributed by atoms with E-state index in [1.54, 1.807) is 48.4 Å². The second-order valence-corrected chi connectivity index (χ2v) is 6.26. The smallest absolute Gasteiger partial charge is 0.414 e. The topological polar surface area (TPSA) is 105 Å². The third-order valence-corrected chi connectivity index (χ3v) is 4.39. The maximum atomic E-state index is 14.7. The SMILES string of the molecule is Cn1nncc1Nc1ccc(-c2ccc(N3CC(CO)OC3=O)cc2F)cn1. The van der Waals surface area contributed by atoms with Gasteiger partial charge in [0.1, 0.15) is 23.6 Å². The van der Waals surface area contributed by atoms with E-state index in [0.717, 1.165) is 0 Å². The quantitative estimate of drug-likeness (QED) is 0.694. The number of amides is 1. The van der Waals surface area contributed by atoms with Crippen LogP contribution in [0.3, 0.4) is 0 Å². The Morgan fingerprint density at radius 3 is 2.79 bits per heavy atom. The molecule has 0 radical (unpaired) electrons. The van der Waals surface area contributed by atoms with E-state index in [9.17, 15) is 9.18 Å². The molecule has 0 spiro atoms. The maximum Gasteiger partial charge on any atom is 0.414 e. The van der Waals surface area contributed by atoms with Crippen molar-refractivity contribution < 1.29 is 19.0 Å². The van der Waals surface area contributed by atoms with Crippen LogP contribution in [0.25, 0.3) is 11.1 Å². The van der Waals surface area contributed by atoms with Gasteiger partial charge in [-0.2, -0.15) is 0 Å². The van der Waals surface area contributed by atoms with Crippen molar-refractivity contribution in [2.45, 2.75) is 6.10 Å². The summed E-state index contributed by atoms with van der Waals surface area (Å²) in [4.78, 5) is 17.4. The van der Waals surface area contributed by atoms with Crippen LogP contribution in [0.2, 0.25) is 0 Å². The van der Waals surface area contributed by atoms with Gasteiger partial charge in [-0.15, -0.1) is 5.10 Å². The number of hydrogen-bond donors (Lipinski definition) is 2. The van der Waals surface area contributed by atoms with E-state index in [0.29, 0.717) is 28.5 Å². The molecule has 28 heavy (non-hydrogen) atoms. The van der Waals surface area contributed by atoms with Crippen molar-refractivity contribution in [2.75, 3.05) is 23.4 Å². The summed E-state index contributed by atoms with van der Waals surface area (Å²) < 4.78 is 21.2. The number of ether oxygens (including phenoxy) is 1. The summed E-state index contributed by atoms with van der Waals surface area (Å²) in [6.45, 7) is -0.0946. The van der Waals surface area contributed by atoms with Gasteiger partial charge >= 0.3 is 6.09 Å². The molecule has 1 aromatic carbocycles. The van der Waals surface area contributed by atoms with E-state index in [-0.39, 0.29) is 13.2 Å². The first-order valence-corrected chi connectivity index (χ1v) is 8.52. The molecule has 1 fully saturated rings. The highest BCUT2D eigenvalue weighted by molar-refractivity contribution is 5.90. The molecule has 1 saturated heterocycles. The highest BCUT2D eigenvalue weighted by Gasteiger charge is 2.32. The number of aryl methyl sites for hydroxylation is 1. The molecule has 0 saturated carbocycles. The molecule has 1 atom stereocenters. The molecule has 3 aromatic rings. The number of pyridine rings is 1. The molecular weight excluding hydrogens is 367 g/mol. The molecular formula is C18H17FN6O3. The van der Waals surface area contributed by atoms with Crippen molar-refractivity contribution in [3.63, 3.8) is 0 Å². The standard InChI is InChI=1S/C18H17FN6O3/c1-24-17(8-21-23-24)22-16-5-2-11(7-20-16)14-4-3-12(6-15(14)19)25-9-13(10-26)28-18(25)27/h2-8,13,26H,9-10H2,1H3,(H,20,22). The number of rotatable bonds is 5. The first-order chi connectivity index (χ1) is 13.5. The van der Waals surface area contributed by atoms with Crippen molar-refractivity contribution in [1.29, 1.82) is 0 Å². The second kappa shape index (κ2) is 7.24. The van der Waals surface area contributed by atoms with Gasteiger partial charge in [0.05, 0.1) is 25.0 Å². The molecule has 9 nitrogen and oxygen atoms in total. The molecule has 4 rings (SSSR count). The number of carbonyl (C=O) groups excluding carboxylic acids is 1. The zero-order valence-electron chi connectivity index (χ0n) is 14.9. The summed E-state index contributed by atoms with van der Waals surface area (Å²) in [7, 11) is 1.75. The van der Waals surface area contributed by atoms with Gasteiger partial charge in [0.25, 0.3) is 0 Å². The minimum atomic E-state index is -0.604. The van der Waals surface area contributed by atoms with Crippen molar-refractivity contribution in [2.24, 2.45) is 7.05 Å². The van der Waals surface area contributed by atoms with Gasteiger partial charge in [-0.1, -0.05) is 5.21 Å². The Kier molecular flexibility index (Phi) is 4.62. The highest BCUT2D eigenvalue weighted by Crippen LogP contribution is 2.29. The predicted molar refractivity (Wildman–Crippen MR) is 98.6 cm³/mol. The maximum absolute atomic E-state index is 14.7. The van der Waals surface area contributed by atoms with Gasteiger partial charge in [-0.25, -0.2) is 18.9 Å². The van der Waals surface area contributed by atoms with Gasteiger partial charge < -0.3 is 15.2 Å². The number of hydrogen-bond acceptors (Lipinski definition) is 7. The van der Waals surface area contributed by atoms with Gasteiger partial charge in [-0.3, -0.25) is 4.90 Å². The van der Waals surface area contributed by atoms with E-state index >= 15 is 0 Å². The summed E-state index contributed by atoms with van der Waals surface area (Å²) in [5.74, 6) is 0.756. The lowest BCUT2D eigenvalue weighted by Crippen LogP contribution is -2.25. The number of cyclic esters (lactones) is 1. The first-order valence-electron chi connectivity index (χ1n) is 8.52. The highest BCUT2D eigenvalue weighted by atomic mass is 19.1. The number of benzene rings is 1. The van der Waals surface area contributed by atoms with E-state index in [2.05, 4.69) is 20.6 Å². The van der Waals surface area contributed by atoms with E-state index in [1.807, 2.05) is 0 Å². The minimum Gasteiger partial charge on any atom is -0.441 e. The average molecular weight is 384 g/mol. The molecule has 1 aliphatic rings. The molecule has 1 amide bonds. The van der Waals surface area contributed by atoms with Gasteiger partial charge in [0.2, 0.25) is 0 Å². The summed E-state index contributed by atoms with van der Waals surface area (Å²) in [5.41, 5.74) is 1.32. The van der Waals surface area contributed by atoms with E-state index < -0.39 is 18.0 Å². The second-order valence-electron chi connectivity index (χ2n) is 6.26. The fourth-order valence-electron chi connectivity index (χ4n) is 2.89. The fourth-order valence-corrected chi connectivity index (χ4v) is 2.89. The molecule has 2 aromatic heterocycles. The minimum absolute atomic E-state index is 0.179. The Labute approximate surface area is 159 Å². The van der Waals surface area contributed by atoms with Crippen LogP contribution < -0.4 is 10.2 Å². The molecule has 0 aliphatic carbocycles. The Morgan fingerprint density at radius 1 is 1.32 bits per heavy atom. The van der Waals surface area contributed by atoms with Crippen LogP contribution in [0.1, 0.15) is 0 Å². The Morgan fingerprint density at radius 2 is 2.18 bits per heavy atom. The molecule has 144 valence electrons. The summed E-state index contributed by atoms with van der Waals surface area (Å²) in [5, 5.41) is 19.8. The molecule has 2 N–H and O–H groups in total. The van der Waals surface area contributed by atoms with Gasteiger partial charge in [-0.05, 0) is 30.3 Å². The lowest BCUT2D eigenvalue weighted by molar-refractivity contribution is 0.0963. The normalized spacial score (nSPS) is 16.3. The monoisotopic (exact) mass is 384 g/mol. The predicted octanol–water partition coefficient (Wildman–Crippen LogP) is 2.08. The van der Waals surface area contributed by atoms with Crippen LogP contribution >= 0.6 is 0 Å². The third-order valence-electron chi connectivity index (χ3n) is 4.39. The van der Waals surface area contributed by atoms with Crippen LogP contribution in [0.15, 0.2) is 42.7 Å². The number of halogens is 1. The third kappa shape index (κ3) is 3.37. The molecule has 10 heteroatoms. The summed E-state index contributed by atoms with van der Waals surface area (Å²) in [6.07, 6.45) is 1.91. The lowest BCUT2D eigenvalue weighted by atomic mass is 10.1. The number of nitrogens with one attached hydrogen (secondary N) is 1. The van der Waals surface area contributed by atoms with Gasteiger partial charge in [0.15, 0.2) is 0 Å². The Balaban J connectivity index is 1.53. The van der Waals surface area contributed by atoms with Crippen LogP contribution in [0.4, 0.5) is 26.5 Å². The number of nitrogens with zero attached hydrogens (tertiary/aromatic N) is 5. The van der Waals surface area contributed by atoms with Crippen molar-refractivity contribution in [3.8, 4) is 11.1 Å². The van der Waals surface area contributed by atoms with Crippen molar-refractivity contribution >= 4 is 23.4 Å². The van der Waals surface area contributed by atoms with Crippen LogP contribution in [-0.2, 0) is 11.8 Å². The average Bonchev–Trinajstić information content (AvgIpc) is 3.28. The van der Waals surface area contributed by atoms with Gasteiger partial charge in [0, 0.05) is 24.4 Å². The zero-order valence-corrected chi connectivity index (χ0v) is 14.9. The lowest BCUT2D eigenvalue weighted by Gasteiger charge is -2.14. The zero-order chi connectivity index (χ0) is 19.7. The molecule has 1 unspecified atom stereocenters. The summed E-state index contributed by atoms with van der Waals surface area (Å²) in [6, 6.07) is 7.94.